The van der Waals surface area contributed by atoms with Crippen LogP contribution in [0, 0.1) is 12.8 Å². The molecule has 1 unspecified atom stereocenters. The Morgan fingerprint density at radius 2 is 1.90 bits per heavy atom. The number of piperidine rings is 1. The molecule has 31 heavy (non-hydrogen) atoms. The molecule has 168 valence electrons. The number of amides is 4. The molecule has 2 saturated heterocycles. The lowest BCUT2D eigenvalue weighted by Gasteiger charge is -2.31. The summed E-state index contributed by atoms with van der Waals surface area (Å²) in [5.74, 6) is -0.572. The predicted octanol–water partition coefficient (Wildman–Crippen LogP) is 1.57. The Morgan fingerprint density at radius 3 is 2.48 bits per heavy atom. The average Bonchev–Trinajstić information content (AvgIpc) is 2.97. The molecule has 1 aromatic carbocycles. The number of hydrogen-bond donors (Lipinski definition) is 1. The van der Waals surface area contributed by atoms with Crippen molar-refractivity contribution in [3.63, 3.8) is 0 Å². The molecular formula is C22H29N3O6. The molecule has 3 rings (SSSR count). The van der Waals surface area contributed by atoms with E-state index in [2.05, 4.69) is 5.32 Å². The fraction of sp³-hybridized carbons (Fsp3) is 0.545. The van der Waals surface area contributed by atoms with Crippen LogP contribution < -0.4 is 10.1 Å². The second-order valence-electron chi connectivity index (χ2n) is 8.04. The Kier molecular flexibility index (Phi) is 6.52. The first-order valence-corrected chi connectivity index (χ1v) is 10.4. The first kappa shape index (κ1) is 22.6. The van der Waals surface area contributed by atoms with Gasteiger partial charge in [0, 0.05) is 13.1 Å². The standard InChI is InChI=1S/C22H29N3O6/c1-5-31-19(27)15-8-10-24(11-9-15)18(26)13-25-20(28)22(3,23-21(25)29)16-6-7-17(30-4)14(2)12-16/h6-7,12,15H,5,8-11,13H2,1-4H3,(H,23,29). The van der Waals surface area contributed by atoms with Crippen molar-refractivity contribution in [2.45, 2.75) is 39.2 Å². The fourth-order valence-electron chi connectivity index (χ4n) is 4.09. The minimum Gasteiger partial charge on any atom is -0.496 e. The third-order valence-electron chi connectivity index (χ3n) is 6.01. The summed E-state index contributed by atoms with van der Waals surface area (Å²) in [7, 11) is 1.56. The number of carbonyl (C=O) groups excluding carboxylic acids is 4. The van der Waals surface area contributed by atoms with E-state index in [-0.39, 0.29) is 24.3 Å². The van der Waals surface area contributed by atoms with E-state index in [0.717, 1.165) is 10.5 Å². The molecule has 9 nitrogen and oxygen atoms in total. The van der Waals surface area contributed by atoms with Crippen LogP contribution in [0.25, 0.3) is 0 Å². The molecule has 9 heteroatoms. The topological polar surface area (TPSA) is 105 Å². The van der Waals surface area contributed by atoms with E-state index in [1.807, 2.05) is 6.92 Å². The molecule has 4 amide bonds. The van der Waals surface area contributed by atoms with Crippen LogP contribution in [0.1, 0.15) is 37.8 Å². The zero-order valence-corrected chi connectivity index (χ0v) is 18.4. The van der Waals surface area contributed by atoms with Crippen molar-refractivity contribution in [2.24, 2.45) is 5.92 Å². The number of imide groups is 1. The molecule has 2 aliphatic rings. The number of aryl methyl sites for hydroxylation is 1. The van der Waals surface area contributed by atoms with Gasteiger partial charge in [-0.15, -0.1) is 0 Å². The van der Waals surface area contributed by atoms with Crippen LogP contribution in [-0.2, 0) is 24.7 Å². The van der Waals surface area contributed by atoms with Crippen LogP contribution in [0.5, 0.6) is 5.75 Å². The van der Waals surface area contributed by atoms with E-state index in [1.54, 1.807) is 44.1 Å². The van der Waals surface area contributed by atoms with Crippen molar-refractivity contribution in [3.05, 3.63) is 29.3 Å². The Bertz CT molecular complexity index is 893. The number of likely N-dealkylation sites (tertiary alicyclic amines) is 1. The lowest BCUT2D eigenvalue weighted by molar-refractivity contribution is -0.151. The van der Waals surface area contributed by atoms with E-state index in [4.69, 9.17) is 9.47 Å². The summed E-state index contributed by atoms with van der Waals surface area (Å²) < 4.78 is 10.3. The number of rotatable bonds is 6. The Morgan fingerprint density at radius 1 is 1.23 bits per heavy atom. The van der Waals surface area contributed by atoms with Gasteiger partial charge in [0.15, 0.2) is 0 Å². The highest BCUT2D eigenvalue weighted by molar-refractivity contribution is 6.09. The van der Waals surface area contributed by atoms with Gasteiger partial charge in [0.25, 0.3) is 5.91 Å². The second kappa shape index (κ2) is 8.95. The number of benzene rings is 1. The number of ether oxygens (including phenoxy) is 2. The van der Waals surface area contributed by atoms with Crippen molar-refractivity contribution in [1.29, 1.82) is 0 Å². The fourth-order valence-corrected chi connectivity index (χ4v) is 4.09. The number of nitrogens with one attached hydrogen (secondary N) is 1. The zero-order valence-electron chi connectivity index (χ0n) is 18.4. The van der Waals surface area contributed by atoms with Crippen LogP contribution >= 0.6 is 0 Å². The SMILES string of the molecule is CCOC(=O)C1CCN(C(=O)CN2C(=O)NC(C)(c3ccc(OC)c(C)c3)C2=O)CC1. The molecular weight excluding hydrogens is 402 g/mol. The summed E-state index contributed by atoms with van der Waals surface area (Å²) in [5.41, 5.74) is 0.197. The van der Waals surface area contributed by atoms with Crippen molar-refractivity contribution in [2.75, 3.05) is 33.4 Å². The Labute approximate surface area is 181 Å². The molecule has 1 aromatic rings. The molecule has 0 aromatic heterocycles. The number of hydrogen-bond acceptors (Lipinski definition) is 6. The van der Waals surface area contributed by atoms with Gasteiger partial charge in [0.05, 0.1) is 19.6 Å². The minimum absolute atomic E-state index is 0.220. The van der Waals surface area contributed by atoms with Gasteiger partial charge in [-0.25, -0.2) is 4.79 Å². The highest BCUT2D eigenvalue weighted by atomic mass is 16.5. The molecule has 0 bridgehead atoms. The van der Waals surface area contributed by atoms with Crippen molar-refractivity contribution in [3.8, 4) is 5.75 Å². The molecule has 0 spiro atoms. The van der Waals surface area contributed by atoms with Crippen LogP contribution in [0.15, 0.2) is 18.2 Å². The number of urea groups is 1. The normalized spacial score (nSPS) is 21.8. The van der Waals surface area contributed by atoms with Crippen molar-refractivity contribution in [1.82, 2.24) is 15.1 Å². The first-order valence-electron chi connectivity index (χ1n) is 10.4. The monoisotopic (exact) mass is 431 g/mol. The summed E-state index contributed by atoms with van der Waals surface area (Å²) in [6, 6.07) is 4.67. The highest BCUT2D eigenvalue weighted by Gasteiger charge is 2.50. The lowest BCUT2D eigenvalue weighted by atomic mass is 9.90. The third-order valence-corrected chi connectivity index (χ3v) is 6.01. The number of methoxy groups -OCH3 is 1. The maximum Gasteiger partial charge on any atom is 0.325 e. The van der Waals surface area contributed by atoms with Crippen molar-refractivity contribution >= 4 is 23.8 Å². The summed E-state index contributed by atoms with van der Waals surface area (Å²) in [4.78, 5) is 52.8. The lowest BCUT2D eigenvalue weighted by Crippen LogP contribution is -2.47. The number of esters is 1. The largest absolute Gasteiger partial charge is 0.496 e. The Hall–Kier alpha value is -3.10. The van der Waals surface area contributed by atoms with E-state index in [0.29, 0.717) is 43.9 Å². The highest BCUT2D eigenvalue weighted by Crippen LogP contribution is 2.32. The summed E-state index contributed by atoms with van der Waals surface area (Å²) in [6.45, 7) is 6.02. The minimum atomic E-state index is -1.26. The van der Waals surface area contributed by atoms with Gasteiger partial charge in [-0.1, -0.05) is 6.07 Å². The maximum absolute atomic E-state index is 13.1. The van der Waals surface area contributed by atoms with Crippen molar-refractivity contribution < 1.29 is 28.7 Å². The first-order chi connectivity index (χ1) is 14.7. The van der Waals surface area contributed by atoms with E-state index in [9.17, 15) is 19.2 Å². The maximum atomic E-state index is 13.1. The van der Waals surface area contributed by atoms with Gasteiger partial charge in [-0.05, 0) is 56.9 Å². The predicted molar refractivity (Wildman–Crippen MR) is 111 cm³/mol. The van der Waals surface area contributed by atoms with Crippen LogP contribution in [-0.4, -0.2) is 67.0 Å². The van der Waals surface area contributed by atoms with Crippen LogP contribution in [0.4, 0.5) is 4.79 Å². The quantitative estimate of drug-likeness (QED) is 0.542. The molecule has 2 fully saturated rings. The Balaban J connectivity index is 1.66. The summed E-state index contributed by atoms with van der Waals surface area (Å²) in [6.07, 6.45) is 1.01. The zero-order chi connectivity index (χ0) is 22.8. The molecule has 1 N–H and O–H groups in total. The van der Waals surface area contributed by atoms with E-state index in [1.165, 1.54) is 0 Å². The third kappa shape index (κ3) is 4.35. The average molecular weight is 431 g/mol. The number of nitrogens with zero attached hydrogens (tertiary/aromatic N) is 2. The molecule has 2 aliphatic heterocycles. The van der Waals surface area contributed by atoms with Gasteiger partial charge in [0.2, 0.25) is 5.91 Å². The van der Waals surface area contributed by atoms with Gasteiger partial charge < -0.3 is 19.7 Å². The summed E-state index contributed by atoms with van der Waals surface area (Å²) in [5, 5.41) is 2.72. The molecule has 2 heterocycles. The molecule has 1 atom stereocenters. The summed E-state index contributed by atoms with van der Waals surface area (Å²) >= 11 is 0. The van der Waals surface area contributed by atoms with Gasteiger partial charge in [-0.3, -0.25) is 19.3 Å². The second-order valence-corrected chi connectivity index (χ2v) is 8.04. The smallest absolute Gasteiger partial charge is 0.325 e. The number of carbonyl (C=O) groups is 4. The van der Waals surface area contributed by atoms with E-state index < -0.39 is 17.5 Å². The van der Waals surface area contributed by atoms with Crippen LogP contribution in [0.2, 0.25) is 0 Å². The molecule has 0 saturated carbocycles. The molecule has 0 radical (unpaired) electrons. The van der Waals surface area contributed by atoms with Gasteiger partial charge in [0.1, 0.15) is 17.8 Å². The van der Waals surface area contributed by atoms with E-state index >= 15 is 0 Å². The molecule has 0 aliphatic carbocycles. The van der Waals surface area contributed by atoms with Crippen LogP contribution in [0.3, 0.4) is 0 Å². The van der Waals surface area contributed by atoms with Gasteiger partial charge in [-0.2, -0.15) is 0 Å². The van der Waals surface area contributed by atoms with Gasteiger partial charge >= 0.3 is 12.0 Å².